The van der Waals surface area contributed by atoms with E-state index in [2.05, 4.69) is 15.5 Å². The van der Waals surface area contributed by atoms with Gasteiger partial charge >= 0.3 is 0 Å². The van der Waals surface area contributed by atoms with E-state index in [1.165, 1.54) is 12.1 Å². The van der Waals surface area contributed by atoms with Crippen LogP contribution >= 0.6 is 0 Å². The van der Waals surface area contributed by atoms with Gasteiger partial charge in [-0.25, -0.2) is 0 Å². The molecule has 11 heteroatoms. The molecule has 206 valence electrons. The van der Waals surface area contributed by atoms with Crippen LogP contribution in [0.1, 0.15) is 24.5 Å². The first-order chi connectivity index (χ1) is 19.2. The van der Waals surface area contributed by atoms with Crippen molar-refractivity contribution in [3.63, 3.8) is 0 Å². The molecule has 3 aromatic carbocycles. The number of fused-ring (bicyclic) bond motifs is 2. The Morgan fingerprint density at radius 3 is 2.48 bits per heavy atom. The highest BCUT2D eigenvalue weighted by atomic mass is 16.7. The van der Waals surface area contributed by atoms with Crippen molar-refractivity contribution in [2.75, 3.05) is 49.5 Å². The lowest BCUT2D eigenvalue weighted by Gasteiger charge is -2.23. The van der Waals surface area contributed by atoms with E-state index in [1.807, 2.05) is 44.4 Å². The number of nitro benzene ring substituents is 1. The van der Waals surface area contributed by atoms with Crippen LogP contribution in [0.2, 0.25) is 0 Å². The molecule has 5 rings (SSSR count). The maximum atomic E-state index is 13.2. The van der Waals surface area contributed by atoms with E-state index in [-0.39, 0.29) is 18.4 Å². The Morgan fingerprint density at radius 1 is 1.02 bits per heavy atom. The average Bonchev–Trinajstić information content (AvgIpc) is 3.52. The average molecular weight is 544 g/mol. The summed E-state index contributed by atoms with van der Waals surface area (Å²) in [5, 5.41) is 17.4. The van der Waals surface area contributed by atoms with Gasteiger partial charge in [0.15, 0.2) is 11.5 Å². The Labute approximate surface area is 231 Å². The number of anilines is 3. The van der Waals surface area contributed by atoms with Crippen molar-refractivity contribution in [2.45, 2.75) is 13.3 Å². The van der Waals surface area contributed by atoms with Crippen molar-refractivity contribution in [1.29, 1.82) is 0 Å². The minimum atomic E-state index is -0.502. The molecular weight excluding hydrogens is 514 g/mol. The lowest BCUT2D eigenvalue weighted by Crippen LogP contribution is -2.31. The van der Waals surface area contributed by atoms with Gasteiger partial charge in [0.25, 0.3) is 11.6 Å². The molecule has 0 aliphatic carbocycles. The van der Waals surface area contributed by atoms with Gasteiger partial charge < -0.3 is 29.9 Å². The number of carbonyl (C=O) groups is 2. The summed E-state index contributed by atoms with van der Waals surface area (Å²) in [5.74, 6) is 0.708. The predicted octanol–water partition coefficient (Wildman–Crippen LogP) is 4.56. The molecule has 0 aromatic heterocycles. The second-order valence-electron chi connectivity index (χ2n) is 9.76. The van der Waals surface area contributed by atoms with Gasteiger partial charge in [0.05, 0.1) is 21.9 Å². The van der Waals surface area contributed by atoms with Crippen molar-refractivity contribution in [3.05, 3.63) is 81.9 Å². The number of hydrogen-bond donors (Lipinski definition) is 2. The lowest BCUT2D eigenvalue weighted by molar-refractivity contribution is -0.384. The molecule has 11 nitrogen and oxygen atoms in total. The number of rotatable bonds is 9. The Balaban J connectivity index is 1.52. The first-order valence-corrected chi connectivity index (χ1v) is 12.8. The number of hydrogen-bond acceptors (Lipinski definition) is 8. The minimum Gasteiger partial charge on any atom is -0.454 e. The van der Waals surface area contributed by atoms with Crippen molar-refractivity contribution >= 4 is 45.8 Å². The summed E-state index contributed by atoms with van der Waals surface area (Å²) in [6, 6.07) is 17.0. The predicted molar refractivity (Wildman–Crippen MR) is 152 cm³/mol. The van der Waals surface area contributed by atoms with Gasteiger partial charge in [0.1, 0.15) is 0 Å². The van der Waals surface area contributed by atoms with Crippen LogP contribution in [-0.4, -0.2) is 55.6 Å². The number of amides is 2. The number of carbonyl (C=O) groups excluding carboxylic acids is 2. The van der Waals surface area contributed by atoms with Crippen molar-refractivity contribution in [1.82, 2.24) is 4.90 Å². The quantitative estimate of drug-likeness (QED) is 0.229. The number of non-ortho nitro benzene ring substituents is 1. The normalized spacial score (nSPS) is 14.6. The molecule has 0 unspecified atom stereocenters. The van der Waals surface area contributed by atoms with Crippen molar-refractivity contribution in [2.24, 2.45) is 0 Å². The maximum absolute atomic E-state index is 13.2. The second-order valence-corrected chi connectivity index (χ2v) is 9.76. The molecule has 2 N–H and O–H groups in total. The number of nitro groups is 1. The van der Waals surface area contributed by atoms with Crippen LogP contribution in [0.5, 0.6) is 11.5 Å². The molecule has 0 radical (unpaired) electrons. The largest absolute Gasteiger partial charge is 0.454 e. The highest BCUT2D eigenvalue weighted by molar-refractivity contribution is 6.37. The van der Waals surface area contributed by atoms with Crippen LogP contribution in [0.25, 0.3) is 11.3 Å². The highest BCUT2D eigenvalue weighted by Gasteiger charge is 2.30. The molecule has 40 heavy (non-hydrogen) atoms. The fraction of sp³-hybridized carbons (Fsp3) is 0.241. The van der Waals surface area contributed by atoms with Gasteiger partial charge in [-0.3, -0.25) is 19.7 Å². The topological polar surface area (TPSA) is 126 Å². The second kappa shape index (κ2) is 11.1. The monoisotopic (exact) mass is 543 g/mol. The van der Waals surface area contributed by atoms with E-state index in [1.54, 1.807) is 30.0 Å². The summed E-state index contributed by atoms with van der Waals surface area (Å²) in [7, 11) is 3.99. The highest BCUT2D eigenvalue weighted by Crippen LogP contribution is 2.41. The molecule has 0 saturated carbocycles. The van der Waals surface area contributed by atoms with E-state index < -0.39 is 10.8 Å². The SMILES string of the molecule is CC(=O)N(CCCN(C)C)c1ccc(N/C(=C2\C(=O)Nc3cc([N+](=O)[O-])ccc32)c2ccc3c(c2)OCO3)cc1. The van der Waals surface area contributed by atoms with E-state index in [4.69, 9.17) is 9.47 Å². The number of ether oxygens (including phenoxy) is 2. The van der Waals surface area contributed by atoms with E-state index in [0.29, 0.717) is 51.8 Å². The minimum absolute atomic E-state index is 0.0454. The molecular formula is C29H29N5O6. The summed E-state index contributed by atoms with van der Waals surface area (Å²) in [4.78, 5) is 40.2. The van der Waals surface area contributed by atoms with Crippen LogP contribution in [0.15, 0.2) is 60.7 Å². The molecule has 0 bridgehead atoms. The van der Waals surface area contributed by atoms with Gasteiger partial charge in [-0.05, 0) is 75.6 Å². The third-order valence-electron chi connectivity index (χ3n) is 6.69. The van der Waals surface area contributed by atoms with Crippen molar-refractivity contribution in [3.8, 4) is 11.5 Å². The Bertz CT molecular complexity index is 1520. The van der Waals surface area contributed by atoms with Crippen molar-refractivity contribution < 1.29 is 24.0 Å². The summed E-state index contributed by atoms with van der Waals surface area (Å²) in [5.41, 5.74) is 3.73. The smallest absolute Gasteiger partial charge is 0.271 e. The van der Waals surface area contributed by atoms with Crippen LogP contribution in [0.4, 0.5) is 22.7 Å². The fourth-order valence-corrected chi connectivity index (χ4v) is 4.74. The van der Waals surface area contributed by atoms with Gasteiger partial charge in [0.2, 0.25) is 12.7 Å². The Morgan fingerprint density at radius 2 is 1.77 bits per heavy atom. The molecule has 0 spiro atoms. The van der Waals surface area contributed by atoms with Crippen LogP contribution in [0.3, 0.4) is 0 Å². The first kappa shape index (κ1) is 26.7. The summed E-state index contributed by atoms with van der Waals surface area (Å²) in [6.45, 7) is 3.11. The zero-order chi connectivity index (χ0) is 28.4. The fourth-order valence-electron chi connectivity index (χ4n) is 4.74. The summed E-state index contributed by atoms with van der Waals surface area (Å²) < 4.78 is 11.0. The number of nitrogens with one attached hydrogen (secondary N) is 2. The molecule has 0 fully saturated rings. The third kappa shape index (κ3) is 5.45. The van der Waals surface area contributed by atoms with Crippen LogP contribution in [0, 0.1) is 10.1 Å². The standard InChI is InChI=1S/C29H29N5O6/c1-18(35)33(14-4-13-32(2)3)21-8-6-20(7-9-21)30-28(19-5-12-25-26(15-19)40-17-39-25)27-23-11-10-22(34(37)38)16-24(23)31-29(27)36/h5-12,15-16,30H,4,13-14,17H2,1-3H3,(H,31,36)/b28-27-. The zero-order valence-corrected chi connectivity index (χ0v) is 22.4. The van der Waals surface area contributed by atoms with E-state index in [0.717, 1.165) is 18.7 Å². The number of benzene rings is 3. The lowest BCUT2D eigenvalue weighted by atomic mass is 9.99. The van der Waals surface area contributed by atoms with Gasteiger partial charge in [-0.15, -0.1) is 0 Å². The molecule has 2 aliphatic rings. The molecule has 0 atom stereocenters. The van der Waals surface area contributed by atoms with Gasteiger partial charge in [-0.2, -0.15) is 0 Å². The van der Waals surface area contributed by atoms with Gasteiger partial charge in [0, 0.05) is 48.1 Å². The van der Waals surface area contributed by atoms with Gasteiger partial charge in [-0.1, -0.05) is 0 Å². The summed E-state index contributed by atoms with van der Waals surface area (Å²) in [6.07, 6.45) is 0.833. The van der Waals surface area contributed by atoms with Crippen LogP contribution < -0.4 is 25.0 Å². The number of nitrogens with zero attached hydrogens (tertiary/aromatic N) is 3. The molecule has 3 aromatic rings. The Kier molecular flexibility index (Phi) is 7.39. The Hall–Kier alpha value is -4.90. The first-order valence-electron chi connectivity index (χ1n) is 12.8. The molecule has 2 amide bonds. The molecule has 0 saturated heterocycles. The third-order valence-corrected chi connectivity index (χ3v) is 6.69. The molecule has 2 aliphatic heterocycles. The summed E-state index contributed by atoms with van der Waals surface area (Å²) >= 11 is 0. The van der Waals surface area contributed by atoms with E-state index in [9.17, 15) is 19.7 Å². The van der Waals surface area contributed by atoms with E-state index >= 15 is 0 Å². The zero-order valence-electron chi connectivity index (χ0n) is 22.4. The molecule has 2 heterocycles. The maximum Gasteiger partial charge on any atom is 0.271 e. The van der Waals surface area contributed by atoms with Crippen LogP contribution in [-0.2, 0) is 9.59 Å².